The molecule has 3 N–H and O–H groups in total. The Hall–Kier alpha value is -1.16. The van der Waals surface area contributed by atoms with Gasteiger partial charge in [0, 0.05) is 11.5 Å². The number of fused-ring (bicyclic) bond motifs is 2. The van der Waals surface area contributed by atoms with Gasteiger partial charge in [-0.3, -0.25) is 0 Å². The van der Waals surface area contributed by atoms with Gasteiger partial charge in [0.2, 0.25) is 0 Å². The quantitative estimate of drug-likeness (QED) is 0.728. The zero-order chi connectivity index (χ0) is 14.3. The minimum atomic E-state index is -0.308. The van der Waals surface area contributed by atoms with Gasteiger partial charge in [0.1, 0.15) is 0 Å². The van der Waals surface area contributed by atoms with Crippen LogP contribution in [0.3, 0.4) is 0 Å². The Morgan fingerprint density at radius 2 is 1.81 bits per heavy atom. The topological polar surface area (TPSA) is 44.3 Å². The SMILES string of the molecule is O[C@H]1[C@H](NC2CC=CC2)c2ccccc2C12CCNCC2. The highest BCUT2D eigenvalue weighted by molar-refractivity contribution is 5.45. The van der Waals surface area contributed by atoms with Crippen LogP contribution in [0.25, 0.3) is 0 Å². The fraction of sp³-hybridized carbons (Fsp3) is 0.556. The molecule has 112 valence electrons. The normalized spacial score (nSPS) is 30.9. The lowest BCUT2D eigenvalue weighted by molar-refractivity contribution is 0.0413. The maximum absolute atomic E-state index is 11.1. The molecule has 1 aromatic carbocycles. The zero-order valence-electron chi connectivity index (χ0n) is 12.4. The molecule has 2 aliphatic carbocycles. The number of piperidine rings is 1. The van der Waals surface area contributed by atoms with E-state index in [0.717, 1.165) is 38.8 Å². The van der Waals surface area contributed by atoms with E-state index in [2.05, 4.69) is 47.1 Å². The van der Waals surface area contributed by atoms with Crippen molar-refractivity contribution in [3.05, 3.63) is 47.5 Å². The molecule has 0 unspecified atom stereocenters. The molecule has 1 aromatic rings. The minimum absolute atomic E-state index is 0.0501. The summed E-state index contributed by atoms with van der Waals surface area (Å²) >= 11 is 0. The van der Waals surface area contributed by atoms with E-state index in [4.69, 9.17) is 0 Å². The van der Waals surface area contributed by atoms with Gasteiger partial charge in [-0.25, -0.2) is 0 Å². The first kappa shape index (κ1) is 13.5. The molecule has 3 aliphatic rings. The third-order valence-electron chi connectivity index (χ3n) is 5.63. The number of nitrogens with one attached hydrogen (secondary N) is 2. The first-order valence-corrected chi connectivity index (χ1v) is 8.20. The van der Waals surface area contributed by atoms with Crippen molar-refractivity contribution < 1.29 is 5.11 Å². The summed E-state index contributed by atoms with van der Waals surface area (Å²) in [6, 6.07) is 9.23. The lowest BCUT2D eigenvalue weighted by Gasteiger charge is -2.39. The zero-order valence-corrected chi connectivity index (χ0v) is 12.4. The molecule has 0 aromatic heterocycles. The van der Waals surface area contributed by atoms with E-state index in [9.17, 15) is 5.11 Å². The highest BCUT2D eigenvalue weighted by atomic mass is 16.3. The summed E-state index contributed by atoms with van der Waals surface area (Å²) in [5.41, 5.74) is 2.65. The van der Waals surface area contributed by atoms with Gasteiger partial charge < -0.3 is 15.7 Å². The van der Waals surface area contributed by atoms with Crippen molar-refractivity contribution in [1.29, 1.82) is 0 Å². The van der Waals surface area contributed by atoms with Crippen LogP contribution in [-0.4, -0.2) is 30.3 Å². The Morgan fingerprint density at radius 3 is 2.57 bits per heavy atom. The Labute approximate surface area is 126 Å². The Kier molecular flexibility index (Phi) is 3.37. The molecule has 1 aliphatic heterocycles. The summed E-state index contributed by atoms with van der Waals surface area (Å²) in [7, 11) is 0. The van der Waals surface area contributed by atoms with E-state index in [1.54, 1.807) is 0 Å². The standard InChI is InChI=1S/C18H24N2O/c21-17-16(20-13-5-1-2-6-13)14-7-3-4-8-15(14)18(17)9-11-19-12-10-18/h1-4,7-8,13,16-17,19-21H,5-6,9-12H2/t16-,17+/m1/s1. The predicted octanol–water partition coefficient (Wildman–Crippen LogP) is 2.03. The smallest absolute Gasteiger partial charge is 0.0832 e. The van der Waals surface area contributed by atoms with Crippen molar-refractivity contribution in [2.45, 2.75) is 49.3 Å². The van der Waals surface area contributed by atoms with Crippen molar-refractivity contribution in [3.63, 3.8) is 0 Å². The predicted molar refractivity (Wildman–Crippen MR) is 84.3 cm³/mol. The maximum atomic E-state index is 11.1. The molecule has 2 atom stereocenters. The van der Waals surface area contributed by atoms with Gasteiger partial charge in [-0.15, -0.1) is 0 Å². The van der Waals surface area contributed by atoms with E-state index >= 15 is 0 Å². The van der Waals surface area contributed by atoms with E-state index in [1.807, 2.05) is 0 Å². The maximum Gasteiger partial charge on any atom is 0.0832 e. The van der Waals surface area contributed by atoms with Crippen LogP contribution in [0, 0.1) is 0 Å². The molecule has 1 saturated heterocycles. The van der Waals surface area contributed by atoms with Crippen molar-refractivity contribution in [2.24, 2.45) is 0 Å². The summed E-state index contributed by atoms with van der Waals surface area (Å²) in [5.74, 6) is 0. The molecule has 1 heterocycles. The second-order valence-electron chi connectivity index (χ2n) is 6.72. The molecule has 0 amide bonds. The van der Waals surface area contributed by atoms with E-state index in [-0.39, 0.29) is 17.6 Å². The summed E-state index contributed by atoms with van der Waals surface area (Å²) in [6.07, 6.45) is 8.41. The summed E-state index contributed by atoms with van der Waals surface area (Å²) < 4.78 is 0. The lowest BCUT2D eigenvalue weighted by atomic mass is 9.72. The number of aliphatic hydroxyl groups excluding tert-OH is 1. The average molecular weight is 284 g/mol. The molecule has 1 fully saturated rings. The average Bonchev–Trinajstić information content (AvgIpc) is 3.12. The van der Waals surface area contributed by atoms with Crippen LogP contribution in [-0.2, 0) is 5.41 Å². The van der Waals surface area contributed by atoms with Gasteiger partial charge in [-0.2, -0.15) is 0 Å². The molecular formula is C18H24N2O. The van der Waals surface area contributed by atoms with E-state index < -0.39 is 0 Å². The van der Waals surface area contributed by atoms with Crippen LogP contribution >= 0.6 is 0 Å². The summed E-state index contributed by atoms with van der Waals surface area (Å²) in [4.78, 5) is 0. The van der Waals surface area contributed by atoms with Crippen LogP contribution in [0.15, 0.2) is 36.4 Å². The van der Waals surface area contributed by atoms with E-state index in [0.29, 0.717) is 6.04 Å². The van der Waals surface area contributed by atoms with Crippen LogP contribution in [0.5, 0.6) is 0 Å². The van der Waals surface area contributed by atoms with Crippen LogP contribution < -0.4 is 10.6 Å². The second kappa shape index (κ2) is 5.24. The molecule has 4 rings (SSSR count). The molecule has 3 heteroatoms. The van der Waals surface area contributed by atoms with Crippen LogP contribution in [0.2, 0.25) is 0 Å². The number of rotatable bonds is 2. The fourth-order valence-electron chi connectivity index (χ4n) is 4.50. The molecule has 3 nitrogen and oxygen atoms in total. The van der Waals surface area contributed by atoms with Gasteiger partial charge in [0.25, 0.3) is 0 Å². The van der Waals surface area contributed by atoms with Gasteiger partial charge in [0.05, 0.1) is 12.1 Å². The number of aliphatic hydroxyl groups is 1. The molecule has 21 heavy (non-hydrogen) atoms. The summed E-state index contributed by atoms with van der Waals surface area (Å²) in [5, 5.41) is 18.3. The van der Waals surface area contributed by atoms with Crippen LogP contribution in [0.4, 0.5) is 0 Å². The highest BCUT2D eigenvalue weighted by Gasteiger charge is 2.51. The van der Waals surface area contributed by atoms with Crippen molar-refractivity contribution in [3.8, 4) is 0 Å². The third kappa shape index (κ3) is 2.07. The molecule has 0 bridgehead atoms. The second-order valence-corrected chi connectivity index (χ2v) is 6.72. The van der Waals surface area contributed by atoms with Gasteiger partial charge in [0.15, 0.2) is 0 Å². The van der Waals surface area contributed by atoms with Gasteiger partial charge >= 0.3 is 0 Å². The Morgan fingerprint density at radius 1 is 1.10 bits per heavy atom. The highest BCUT2D eigenvalue weighted by Crippen LogP contribution is 2.50. The third-order valence-corrected chi connectivity index (χ3v) is 5.63. The fourth-order valence-corrected chi connectivity index (χ4v) is 4.50. The van der Waals surface area contributed by atoms with E-state index in [1.165, 1.54) is 11.1 Å². The van der Waals surface area contributed by atoms with Crippen molar-refractivity contribution >= 4 is 0 Å². The van der Waals surface area contributed by atoms with Crippen molar-refractivity contribution in [2.75, 3.05) is 13.1 Å². The van der Waals surface area contributed by atoms with Crippen LogP contribution in [0.1, 0.15) is 42.9 Å². The first-order chi connectivity index (χ1) is 10.3. The largest absolute Gasteiger partial charge is 0.390 e. The number of hydrogen-bond acceptors (Lipinski definition) is 3. The molecular weight excluding hydrogens is 260 g/mol. The summed E-state index contributed by atoms with van der Waals surface area (Å²) in [6.45, 7) is 2.01. The minimum Gasteiger partial charge on any atom is -0.390 e. The first-order valence-electron chi connectivity index (χ1n) is 8.20. The molecule has 0 saturated carbocycles. The molecule has 1 spiro atoms. The Balaban J connectivity index is 1.68. The monoisotopic (exact) mass is 284 g/mol. The van der Waals surface area contributed by atoms with Crippen molar-refractivity contribution in [1.82, 2.24) is 10.6 Å². The number of hydrogen-bond donors (Lipinski definition) is 3. The number of benzene rings is 1. The lowest BCUT2D eigenvalue weighted by Crippen LogP contribution is -2.48. The van der Waals surface area contributed by atoms with Gasteiger partial charge in [-0.05, 0) is 49.9 Å². The Bertz CT molecular complexity index is 540. The molecule has 0 radical (unpaired) electrons. The van der Waals surface area contributed by atoms with Gasteiger partial charge in [-0.1, -0.05) is 36.4 Å².